The van der Waals surface area contributed by atoms with Crippen LogP contribution in [0.5, 0.6) is 5.75 Å². The van der Waals surface area contributed by atoms with Crippen LogP contribution in [0.25, 0.3) is 0 Å². The van der Waals surface area contributed by atoms with E-state index in [4.69, 9.17) is 4.74 Å². The molecular weight excluding hydrogens is 192 g/mol. The number of carbonyl (C=O) groups is 1. The molecule has 0 bridgehead atoms. The van der Waals surface area contributed by atoms with Gasteiger partial charge in [-0.05, 0) is 25.0 Å². The first kappa shape index (κ1) is 9.96. The molecule has 0 spiro atoms. The molecule has 15 heavy (non-hydrogen) atoms. The number of hydrogen-bond acceptors (Lipinski definition) is 4. The van der Waals surface area contributed by atoms with Gasteiger partial charge in [0.15, 0.2) is 6.29 Å². The van der Waals surface area contributed by atoms with Crippen LogP contribution in [0.3, 0.4) is 0 Å². The van der Waals surface area contributed by atoms with Crippen molar-refractivity contribution in [2.24, 2.45) is 0 Å². The highest BCUT2D eigenvalue weighted by Gasteiger charge is 2.24. The molecule has 2 rings (SSSR count). The summed E-state index contributed by atoms with van der Waals surface area (Å²) in [6, 6.07) is 3.66. The van der Waals surface area contributed by atoms with Gasteiger partial charge in [-0.15, -0.1) is 0 Å². The molecule has 0 aliphatic heterocycles. The smallest absolute Gasteiger partial charge is 0.172 e. The van der Waals surface area contributed by atoms with Gasteiger partial charge in [-0.25, -0.2) is 4.98 Å². The third-order valence-electron chi connectivity index (χ3n) is 2.26. The number of rotatable bonds is 4. The Morgan fingerprint density at radius 2 is 2.20 bits per heavy atom. The third-order valence-corrected chi connectivity index (χ3v) is 2.26. The number of pyridine rings is 1. The van der Waals surface area contributed by atoms with Gasteiger partial charge in [-0.2, -0.15) is 0 Å². The van der Waals surface area contributed by atoms with Crippen molar-refractivity contribution in [3.05, 3.63) is 17.8 Å². The Morgan fingerprint density at radius 3 is 2.73 bits per heavy atom. The van der Waals surface area contributed by atoms with Gasteiger partial charge >= 0.3 is 0 Å². The van der Waals surface area contributed by atoms with Gasteiger partial charge < -0.3 is 9.64 Å². The first-order valence-corrected chi connectivity index (χ1v) is 5.01. The Kier molecular flexibility index (Phi) is 2.58. The van der Waals surface area contributed by atoms with E-state index in [1.54, 1.807) is 0 Å². The van der Waals surface area contributed by atoms with E-state index in [0.717, 1.165) is 24.9 Å². The molecule has 0 N–H and O–H groups in total. The van der Waals surface area contributed by atoms with Crippen LogP contribution in [0.1, 0.15) is 23.3 Å². The van der Waals surface area contributed by atoms with Crippen molar-refractivity contribution in [2.45, 2.75) is 18.9 Å². The van der Waals surface area contributed by atoms with E-state index in [1.807, 2.05) is 31.1 Å². The summed E-state index contributed by atoms with van der Waals surface area (Å²) < 4.78 is 5.57. The molecule has 1 aliphatic carbocycles. The van der Waals surface area contributed by atoms with E-state index in [-0.39, 0.29) is 6.10 Å². The average Bonchev–Trinajstić information content (AvgIpc) is 3.02. The average molecular weight is 206 g/mol. The number of aldehydes is 1. The molecule has 1 fully saturated rings. The lowest BCUT2D eigenvalue weighted by Gasteiger charge is -2.13. The maximum atomic E-state index is 10.8. The molecule has 0 saturated heterocycles. The fourth-order valence-electron chi connectivity index (χ4n) is 1.25. The highest BCUT2D eigenvalue weighted by atomic mass is 16.5. The molecule has 1 aromatic rings. The van der Waals surface area contributed by atoms with E-state index >= 15 is 0 Å². The van der Waals surface area contributed by atoms with Gasteiger partial charge in [0.2, 0.25) is 0 Å². The second kappa shape index (κ2) is 3.88. The first-order valence-electron chi connectivity index (χ1n) is 5.01. The van der Waals surface area contributed by atoms with Crippen LogP contribution in [0.15, 0.2) is 12.1 Å². The second-order valence-electron chi connectivity index (χ2n) is 3.88. The Hall–Kier alpha value is -1.58. The maximum absolute atomic E-state index is 10.8. The lowest BCUT2D eigenvalue weighted by atomic mass is 10.3. The van der Waals surface area contributed by atoms with Crippen LogP contribution >= 0.6 is 0 Å². The van der Waals surface area contributed by atoms with Crippen molar-refractivity contribution >= 4 is 12.1 Å². The second-order valence-corrected chi connectivity index (χ2v) is 3.88. The Morgan fingerprint density at radius 1 is 1.47 bits per heavy atom. The Bertz CT molecular complexity index is 373. The zero-order valence-electron chi connectivity index (χ0n) is 8.93. The quantitative estimate of drug-likeness (QED) is 0.700. The monoisotopic (exact) mass is 206 g/mol. The van der Waals surface area contributed by atoms with Gasteiger partial charge in [-0.1, -0.05) is 0 Å². The summed E-state index contributed by atoms with van der Waals surface area (Å²) in [4.78, 5) is 16.9. The van der Waals surface area contributed by atoms with Crippen molar-refractivity contribution < 1.29 is 9.53 Å². The minimum atomic E-state index is 0.288. The number of anilines is 1. The van der Waals surface area contributed by atoms with Gasteiger partial charge in [0.05, 0.1) is 6.10 Å². The summed E-state index contributed by atoms with van der Waals surface area (Å²) in [6.45, 7) is 0. The van der Waals surface area contributed by atoms with Crippen LogP contribution in [0.2, 0.25) is 0 Å². The molecule has 0 aromatic carbocycles. The number of ether oxygens (including phenoxy) is 1. The number of nitrogens with zero attached hydrogens (tertiary/aromatic N) is 2. The van der Waals surface area contributed by atoms with Crippen LogP contribution < -0.4 is 9.64 Å². The van der Waals surface area contributed by atoms with Crippen molar-refractivity contribution in [1.29, 1.82) is 0 Å². The normalized spacial score (nSPS) is 14.8. The predicted molar refractivity (Wildman–Crippen MR) is 57.6 cm³/mol. The molecule has 1 heterocycles. The Balaban J connectivity index is 2.25. The fourth-order valence-corrected chi connectivity index (χ4v) is 1.25. The predicted octanol–water partition coefficient (Wildman–Crippen LogP) is 1.50. The van der Waals surface area contributed by atoms with E-state index in [9.17, 15) is 4.79 Å². The van der Waals surface area contributed by atoms with Crippen LogP contribution in [-0.2, 0) is 0 Å². The minimum absolute atomic E-state index is 0.288. The summed E-state index contributed by atoms with van der Waals surface area (Å²) in [6.07, 6.45) is 3.18. The summed E-state index contributed by atoms with van der Waals surface area (Å²) in [7, 11) is 3.77. The van der Waals surface area contributed by atoms with E-state index in [2.05, 4.69) is 4.98 Å². The van der Waals surface area contributed by atoms with Crippen LogP contribution in [0, 0.1) is 0 Å². The fraction of sp³-hybridized carbons (Fsp3) is 0.455. The zero-order valence-corrected chi connectivity index (χ0v) is 8.93. The van der Waals surface area contributed by atoms with E-state index in [0.29, 0.717) is 11.4 Å². The van der Waals surface area contributed by atoms with Gasteiger partial charge in [-0.3, -0.25) is 4.79 Å². The summed E-state index contributed by atoms with van der Waals surface area (Å²) >= 11 is 0. The lowest BCUT2D eigenvalue weighted by molar-refractivity contribution is 0.111. The standard InChI is InChI=1S/C11H14N2O2/c1-13(2)11-6-5-10(9(7-14)12-11)15-8-3-4-8/h5-8H,3-4H2,1-2H3. The van der Waals surface area contributed by atoms with Gasteiger partial charge in [0, 0.05) is 14.1 Å². The molecule has 0 radical (unpaired) electrons. The minimum Gasteiger partial charge on any atom is -0.488 e. The van der Waals surface area contributed by atoms with E-state index < -0.39 is 0 Å². The highest BCUT2D eigenvalue weighted by Crippen LogP contribution is 2.28. The number of aromatic nitrogens is 1. The highest BCUT2D eigenvalue weighted by molar-refractivity contribution is 5.77. The topological polar surface area (TPSA) is 42.4 Å². The van der Waals surface area contributed by atoms with Gasteiger partial charge in [0.25, 0.3) is 0 Å². The zero-order chi connectivity index (χ0) is 10.8. The number of carbonyl (C=O) groups excluding carboxylic acids is 1. The van der Waals surface area contributed by atoms with Crippen molar-refractivity contribution in [1.82, 2.24) is 4.98 Å². The first-order chi connectivity index (χ1) is 7.20. The van der Waals surface area contributed by atoms with Gasteiger partial charge in [0.1, 0.15) is 17.3 Å². The van der Waals surface area contributed by atoms with Crippen molar-refractivity contribution in [2.75, 3.05) is 19.0 Å². The third kappa shape index (κ3) is 2.26. The summed E-state index contributed by atoms with van der Waals surface area (Å²) in [5.41, 5.74) is 0.383. The van der Waals surface area contributed by atoms with Crippen molar-refractivity contribution in [3.63, 3.8) is 0 Å². The molecule has 0 unspecified atom stereocenters. The molecule has 0 amide bonds. The summed E-state index contributed by atoms with van der Waals surface area (Å²) in [5.74, 6) is 1.36. The number of hydrogen-bond donors (Lipinski definition) is 0. The lowest BCUT2D eigenvalue weighted by Crippen LogP contribution is -2.12. The van der Waals surface area contributed by atoms with Crippen LogP contribution in [-0.4, -0.2) is 31.5 Å². The molecule has 4 nitrogen and oxygen atoms in total. The molecular formula is C11H14N2O2. The molecule has 80 valence electrons. The largest absolute Gasteiger partial charge is 0.488 e. The molecule has 1 aromatic heterocycles. The molecule has 0 atom stereocenters. The summed E-state index contributed by atoms with van der Waals surface area (Å²) in [5, 5.41) is 0. The molecule has 1 aliphatic rings. The van der Waals surface area contributed by atoms with E-state index in [1.165, 1.54) is 0 Å². The molecule has 4 heteroatoms. The van der Waals surface area contributed by atoms with Crippen molar-refractivity contribution in [3.8, 4) is 5.75 Å². The molecule has 1 saturated carbocycles. The van der Waals surface area contributed by atoms with Crippen LogP contribution in [0.4, 0.5) is 5.82 Å². The Labute approximate surface area is 88.9 Å². The maximum Gasteiger partial charge on any atom is 0.172 e. The SMILES string of the molecule is CN(C)c1ccc(OC2CC2)c(C=O)n1.